The first-order valence-electron chi connectivity index (χ1n) is 15.5. The highest BCUT2D eigenvalue weighted by Gasteiger charge is 2.25. The van der Waals surface area contributed by atoms with Crippen LogP contribution in [0.5, 0.6) is 34.5 Å². The molecule has 0 N–H and O–H groups in total. The second kappa shape index (κ2) is 12.4. The van der Waals surface area contributed by atoms with Crippen molar-refractivity contribution in [2.75, 3.05) is 28.4 Å². The summed E-state index contributed by atoms with van der Waals surface area (Å²) >= 11 is 0. The molecule has 0 bridgehead atoms. The first-order chi connectivity index (χ1) is 23.3. The first-order valence-corrected chi connectivity index (χ1v) is 15.5. The van der Waals surface area contributed by atoms with Crippen molar-refractivity contribution >= 4 is 38.2 Å². The quantitative estimate of drug-likeness (QED) is 0.137. The van der Waals surface area contributed by atoms with Crippen molar-refractivity contribution in [3.8, 4) is 45.6 Å². The number of pyridine rings is 1. The van der Waals surface area contributed by atoms with Gasteiger partial charge in [-0.3, -0.25) is 0 Å². The second-order valence-electron chi connectivity index (χ2n) is 11.6. The highest BCUT2D eigenvalue weighted by Crippen LogP contribution is 2.46. The molecule has 0 unspecified atom stereocenters. The van der Waals surface area contributed by atoms with Crippen LogP contribution in [0, 0.1) is 0 Å². The van der Waals surface area contributed by atoms with E-state index in [0.29, 0.717) is 63.0 Å². The van der Waals surface area contributed by atoms with E-state index in [1.165, 1.54) is 0 Å². The highest BCUT2D eigenvalue weighted by atomic mass is 16.5. The molecule has 9 heteroatoms. The van der Waals surface area contributed by atoms with E-state index >= 15 is 0 Å². The molecule has 0 aliphatic heterocycles. The van der Waals surface area contributed by atoms with Gasteiger partial charge in [0, 0.05) is 34.0 Å². The largest absolute Gasteiger partial charge is 0.493 e. The molecular weight excluding hydrogens is 610 g/mol. The zero-order valence-electron chi connectivity index (χ0n) is 27.6. The normalized spacial score (nSPS) is 11.5. The fourth-order valence-electron chi connectivity index (χ4n) is 6.29. The molecule has 244 valence electrons. The lowest BCUT2D eigenvalue weighted by Gasteiger charge is -2.16. The van der Waals surface area contributed by atoms with Gasteiger partial charge < -0.3 is 37.2 Å². The third-order valence-corrected chi connectivity index (χ3v) is 8.40. The third-order valence-electron chi connectivity index (χ3n) is 8.40. The fourth-order valence-corrected chi connectivity index (χ4v) is 6.29. The molecule has 0 spiro atoms. The monoisotopic (exact) mass is 645 g/mol. The highest BCUT2D eigenvalue weighted by molar-refractivity contribution is 6.22. The number of ether oxygens (including phenoxy) is 6. The van der Waals surface area contributed by atoms with Gasteiger partial charge >= 0.3 is 5.63 Å². The predicted molar refractivity (Wildman–Crippen MR) is 187 cm³/mol. The van der Waals surface area contributed by atoms with E-state index in [-0.39, 0.29) is 6.10 Å². The molecule has 3 aromatic heterocycles. The van der Waals surface area contributed by atoms with Crippen molar-refractivity contribution in [3.05, 3.63) is 101 Å². The molecule has 4 aromatic carbocycles. The molecule has 7 rings (SSSR count). The Labute approximate surface area is 276 Å². The van der Waals surface area contributed by atoms with Crippen LogP contribution in [0.1, 0.15) is 19.4 Å². The number of hydrogen-bond donors (Lipinski definition) is 0. The van der Waals surface area contributed by atoms with E-state index in [2.05, 4.69) is 0 Å². The van der Waals surface area contributed by atoms with Crippen LogP contribution in [-0.4, -0.2) is 38.9 Å². The number of benzene rings is 4. The summed E-state index contributed by atoms with van der Waals surface area (Å²) in [6.07, 6.45) is 1.78. The Balaban J connectivity index is 1.59. The lowest BCUT2D eigenvalue weighted by atomic mass is 9.97. The van der Waals surface area contributed by atoms with E-state index in [0.717, 1.165) is 33.0 Å². The van der Waals surface area contributed by atoms with Crippen LogP contribution in [0.25, 0.3) is 49.3 Å². The van der Waals surface area contributed by atoms with Crippen LogP contribution in [0.2, 0.25) is 0 Å². The topological polar surface area (TPSA) is 90.0 Å². The summed E-state index contributed by atoms with van der Waals surface area (Å²) in [4.78, 5) is 14.0. The maximum absolute atomic E-state index is 14.0. The van der Waals surface area contributed by atoms with E-state index < -0.39 is 5.63 Å². The Hall–Kier alpha value is -5.83. The van der Waals surface area contributed by atoms with Crippen LogP contribution in [0.3, 0.4) is 0 Å². The maximum atomic E-state index is 14.0. The van der Waals surface area contributed by atoms with Crippen LogP contribution < -0.4 is 34.0 Å². The average Bonchev–Trinajstić information content (AvgIpc) is 3.46. The molecule has 3 heterocycles. The molecule has 0 aliphatic carbocycles. The van der Waals surface area contributed by atoms with Crippen molar-refractivity contribution in [1.82, 2.24) is 4.40 Å². The number of methoxy groups -OCH3 is 4. The molecule has 7 aromatic rings. The van der Waals surface area contributed by atoms with Crippen molar-refractivity contribution in [2.45, 2.75) is 26.6 Å². The van der Waals surface area contributed by atoms with Crippen LogP contribution in [0.15, 0.2) is 94.3 Å². The lowest BCUT2D eigenvalue weighted by Crippen LogP contribution is -2.06. The van der Waals surface area contributed by atoms with Crippen LogP contribution in [-0.2, 0) is 6.61 Å². The summed E-state index contributed by atoms with van der Waals surface area (Å²) < 4.78 is 43.1. The molecule has 0 saturated heterocycles. The van der Waals surface area contributed by atoms with Gasteiger partial charge in [-0.25, -0.2) is 4.79 Å². The minimum absolute atomic E-state index is 0.0966. The van der Waals surface area contributed by atoms with Gasteiger partial charge in [0.15, 0.2) is 34.5 Å². The van der Waals surface area contributed by atoms with Gasteiger partial charge in [-0.15, -0.1) is 0 Å². The first kappa shape index (κ1) is 30.8. The van der Waals surface area contributed by atoms with Gasteiger partial charge in [0.1, 0.15) is 17.7 Å². The average molecular weight is 646 g/mol. The predicted octanol–water partition coefficient (Wildman–Crippen LogP) is 8.42. The van der Waals surface area contributed by atoms with E-state index in [9.17, 15) is 4.79 Å². The third kappa shape index (κ3) is 5.17. The molecule has 0 aliphatic rings. The standard InChI is InChI=1S/C39H35NO8/c1-22(2)47-34-17-25(12-13-28(34)42-3)35-36-27-19-32(45-6)33(46-21-23-10-8-7-9-11-23)20-29(27)48-39(41)38(36)40-15-14-24-16-30(43-4)31(44-5)18-26(24)37(35)40/h7-20,22H,21H2,1-6H3. The number of hydrogen-bond acceptors (Lipinski definition) is 8. The molecule has 48 heavy (non-hydrogen) atoms. The van der Waals surface area contributed by atoms with E-state index in [1.54, 1.807) is 34.5 Å². The summed E-state index contributed by atoms with van der Waals surface area (Å²) in [5, 5.41) is 3.13. The van der Waals surface area contributed by atoms with Crippen molar-refractivity contribution in [2.24, 2.45) is 0 Å². The van der Waals surface area contributed by atoms with Crippen molar-refractivity contribution in [1.29, 1.82) is 0 Å². The zero-order valence-corrected chi connectivity index (χ0v) is 27.6. The molecule has 9 nitrogen and oxygen atoms in total. The number of nitrogens with zero attached hydrogens (tertiary/aromatic N) is 1. The van der Waals surface area contributed by atoms with Gasteiger partial charge in [0.25, 0.3) is 0 Å². The zero-order chi connectivity index (χ0) is 33.5. The van der Waals surface area contributed by atoms with Crippen molar-refractivity contribution < 1.29 is 32.8 Å². The van der Waals surface area contributed by atoms with Crippen molar-refractivity contribution in [3.63, 3.8) is 0 Å². The Bertz CT molecular complexity index is 2370. The fraction of sp³-hybridized carbons (Fsp3) is 0.205. The summed E-state index contributed by atoms with van der Waals surface area (Å²) in [5.74, 6) is 3.31. The SMILES string of the molecule is COc1cc2ccn3c(c(-c4ccc(OC)c(OC(C)C)c4)c4c5cc(OC)c(OCc6ccccc6)cc5oc(=O)c43)c2cc1OC. The number of aromatic nitrogens is 1. The van der Waals surface area contributed by atoms with Gasteiger partial charge in [0.05, 0.1) is 40.1 Å². The smallest absolute Gasteiger partial charge is 0.361 e. The van der Waals surface area contributed by atoms with E-state index in [4.69, 9.17) is 32.8 Å². The molecular formula is C39H35NO8. The minimum atomic E-state index is -0.495. The second-order valence-corrected chi connectivity index (χ2v) is 11.6. The lowest BCUT2D eigenvalue weighted by molar-refractivity contribution is 0.230. The minimum Gasteiger partial charge on any atom is -0.493 e. The van der Waals surface area contributed by atoms with Gasteiger partial charge in [-0.1, -0.05) is 36.4 Å². The number of rotatable bonds is 10. The Kier molecular flexibility index (Phi) is 7.96. The Morgan fingerprint density at radius 3 is 2.08 bits per heavy atom. The molecule has 0 amide bonds. The van der Waals surface area contributed by atoms with Gasteiger partial charge in [-0.2, -0.15) is 0 Å². The number of fused-ring (bicyclic) bond motifs is 7. The van der Waals surface area contributed by atoms with Gasteiger partial charge in [-0.05, 0) is 66.8 Å². The van der Waals surface area contributed by atoms with Crippen LogP contribution >= 0.6 is 0 Å². The Morgan fingerprint density at radius 1 is 0.688 bits per heavy atom. The summed E-state index contributed by atoms with van der Waals surface area (Å²) in [6, 6.07) is 25.0. The van der Waals surface area contributed by atoms with Crippen LogP contribution in [0.4, 0.5) is 0 Å². The maximum Gasteiger partial charge on any atom is 0.361 e. The molecule has 0 atom stereocenters. The Morgan fingerprint density at radius 2 is 1.38 bits per heavy atom. The van der Waals surface area contributed by atoms with Gasteiger partial charge in [0.2, 0.25) is 0 Å². The van der Waals surface area contributed by atoms with E-state index in [1.807, 2.05) is 97.2 Å². The molecule has 0 radical (unpaired) electrons. The summed E-state index contributed by atoms with van der Waals surface area (Å²) in [6.45, 7) is 4.24. The summed E-state index contributed by atoms with van der Waals surface area (Å²) in [7, 11) is 6.41. The summed E-state index contributed by atoms with van der Waals surface area (Å²) in [5.41, 5.74) is 3.65. The molecule has 0 fully saturated rings. The molecule has 0 saturated carbocycles.